The van der Waals surface area contributed by atoms with E-state index >= 15 is 0 Å². The average molecular weight is 356 g/mol. The number of rotatable bonds is 5. The summed E-state index contributed by atoms with van der Waals surface area (Å²) in [7, 11) is -2.46. The molecule has 0 saturated carbocycles. The summed E-state index contributed by atoms with van der Waals surface area (Å²) in [6.07, 6.45) is 0.967. The Morgan fingerprint density at radius 3 is 1.92 bits per heavy atom. The fourth-order valence-electron chi connectivity index (χ4n) is 3.83. The van der Waals surface area contributed by atoms with Crippen molar-refractivity contribution in [1.29, 1.82) is 0 Å². The van der Waals surface area contributed by atoms with Crippen molar-refractivity contribution >= 4 is 18.7 Å². The van der Waals surface area contributed by atoms with Crippen LogP contribution >= 0.6 is 0 Å². The van der Waals surface area contributed by atoms with Crippen LogP contribution in [0.25, 0.3) is 0 Å². The van der Waals surface area contributed by atoms with Crippen molar-refractivity contribution in [3.63, 3.8) is 0 Å². The number of hydrogen-bond acceptors (Lipinski definition) is 3. The van der Waals surface area contributed by atoms with Crippen LogP contribution < -0.4 is 16.1 Å². The molecular weight excluding hydrogens is 326 g/mol. The van der Waals surface area contributed by atoms with Gasteiger partial charge in [0.15, 0.2) is 0 Å². The summed E-state index contributed by atoms with van der Waals surface area (Å²) in [5.74, 6) is 0. The third-order valence-corrected chi connectivity index (χ3v) is 10.0. The Hall–Kier alpha value is -1.46. The van der Waals surface area contributed by atoms with Gasteiger partial charge in [0.2, 0.25) is 0 Å². The zero-order valence-electron chi connectivity index (χ0n) is 15.4. The Morgan fingerprint density at radius 2 is 1.52 bits per heavy atom. The maximum absolute atomic E-state index is 6.86. The Bertz CT molecular complexity index is 630. The second-order valence-electron chi connectivity index (χ2n) is 7.93. The van der Waals surface area contributed by atoms with Crippen LogP contribution in [0.5, 0.6) is 0 Å². The first-order valence-corrected chi connectivity index (χ1v) is 11.0. The quantitative estimate of drug-likeness (QED) is 0.839. The molecule has 4 heteroatoms. The van der Waals surface area contributed by atoms with Crippen LogP contribution in [0.3, 0.4) is 0 Å². The van der Waals surface area contributed by atoms with Gasteiger partial charge in [0, 0.05) is 6.04 Å². The minimum absolute atomic E-state index is 0.00354. The molecule has 25 heavy (non-hydrogen) atoms. The highest BCUT2D eigenvalue weighted by Crippen LogP contribution is 2.37. The molecule has 0 amide bonds. The Morgan fingerprint density at radius 1 is 1.00 bits per heavy atom. The first kappa shape index (κ1) is 18.3. The number of benzene rings is 2. The van der Waals surface area contributed by atoms with Crippen LogP contribution in [0.2, 0.25) is 5.04 Å². The summed E-state index contributed by atoms with van der Waals surface area (Å²) in [6, 6.07) is 21.6. The van der Waals surface area contributed by atoms with Crippen molar-refractivity contribution in [3.05, 3.63) is 60.7 Å². The molecule has 1 aliphatic heterocycles. The minimum Gasteiger partial charge on any atom is -0.405 e. The first-order chi connectivity index (χ1) is 11.9. The van der Waals surface area contributed by atoms with Crippen LogP contribution in [0, 0.1) is 0 Å². The molecule has 2 aromatic carbocycles. The van der Waals surface area contributed by atoms with Crippen LogP contribution in [0.4, 0.5) is 0 Å². The van der Waals surface area contributed by atoms with Gasteiger partial charge in [-0.1, -0.05) is 81.4 Å². The van der Waals surface area contributed by atoms with Crippen molar-refractivity contribution in [2.45, 2.75) is 44.4 Å². The van der Waals surface area contributed by atoms with Crippen molar-refractivity contribution in [1.82, 2.24) is 0 Å². The third-order valence-electron chi connectivity index (χ3n) is 5.01. The Balaban J connectivity index is 2.02. The number of hydrogen-bond donors (Lipinski definition) is 1. The van der Waals surface area contributed by atoms with E-state index in [1.54, 1.807) is 0 Å². The number of ether oxygens (including phenoxy) is 1. The molecule has 2 aromatic rings. The highest BCUT2D eigenvalue weighted by Gasteiger charge is 2.50. The Kier molecular flexibility index (Phi) is 5.44. The van der Waals surface area contributed by atoms with Gasteiger partial charge in [0.25, 0.3) is 8.32 Å². The van der Waals surface area contributed by atoms with E-state index in [0.717, 1.165) is 6.42 Å². The van der Waals surface area contributed by atoms with Gasteiger partial charge in [-0.25, -0.2) is 0 Å². The van der Waals surface area contributed by atoms with Crippen molar-refractivity contribution in [2.75, 3.05) is 13.2 Å². The van der Waals surface area contributed by atoms with E-state index in [-0.39, 0.29) is 17.2 Å². The largest absolute Gasteiger partial charge is 0.405 e. The summed E-state index contributed by atoms with van der Waals surface area (Å²) in [4.78, 5) is 0. The summed E-state index contributed by atoms with van der Waals surface area (Å²) in [6.45, 7) is 8.11. The van der Waals surface area contributed by atoms with Crippen molar-refractivity contribution in [2.24, 2.45) is 5.73 Å². The monoisotopic (exact) mass is 355 g/mol. The van der Waals surface area contributed by atoms with Crippen LogP contribution in [0.15, 0.2) is 60.7 Å². The van der Waals surface area contributed by atoms with Gasteiger partial charge in [-0.3, -0.25) is 0 Å². The zero-order valence-corrected chi connectivity index (χ0v) is 16.4. The second-order valence-corrected chi connectivity index (χ2v) is 12.2. The van der Waals surface area contributed by atoms with Crippen LogP contribution in [0.1, 0.15) is 27.2 Å². The summed E-state index contributed by atoms with van der Waals surface area (Å²) < 4.78 is 12.7. The highest BCUT2D eigenvalue weighted by molar-refractivity contribution is 6.99. The fraction of sp³-hybridized carbons (Fsp3) is 0.429. The maximum atomic E-state index is 6.86. The molecule has 0 aromatic heterocycles. The predicted molar refractivity (Wildman–Crippen MR) is 106 cm³/mol. The molecule has 1 heterocycles. The molecule has 1 fully saturated rings. The topological polar surface area (TPSA) is 44.5 Å². The molecule has 2 atom stereocenters. The van der Waals surface area contributed by atoms with E-state index < -0.39 is 8.32 Å². The Labute approximate surface area is 152 Å². The molecular formula is C21H29NO2Si. The predicted octanol–water partition coefficient (Wildman–Crippen LogP) is 2.68. The lowest BCUT2D eigenvalue weighted by atomic mass is 10.2. The molecule has 3 rings (SSSR count). The minimum atomic E-state index is -2.46. The van der Waals surface area contributed by atoms with E-state index in [1.165, 1.54) is 10.4 Å². The molecule has 0 aliphatic carbocycles. The van der Waals surface area contributed by atoms with Gasteiger partial charge >= 0.3 is 0 Å². The molecule has 1 saturated heterocycles. The van der Waals surface area contributed by atoms with Gasteiger partial charge in [0.1, 0.15) is 0 Å². The summed E-state index contributed by atoms with van der Waals surface area (Å²) in [5, 5.41) is 2.60. The lowest BCUT2D eigenvalue weighted by molar-refractivity contribution is 0.0639. The van der Waals surface area contributed by atoms with Crippen LogP contribution in [-0.2, 0) is 9.16 Å². The van der Waals surface area contributed by atoms with E-state index in [1.807, 2.05) is 0 Å². The van der Waals surface area contributed by atoms with Gasteiger partial charge < -0.3 is 14.9 Å². The van der Waals surface area contributed by atoms with E-state index in [0.29, 0.717) is 13.2 Å². The fourth-order valence-corrected chi connectivity index (χ4v) is 8.42. The van der Waals surface area contributed by atoms with Gasteiger partial charge in [-0.05, 0) is 21.8 Å². The molecule has 1 aliphatic rings. The SMILES string of the molecule is CC(C)(C)[Si](OC[C@@H]1C[C@H](N)CO1)(c1ccccc1)c1ccccc1. The molecule has 0 unspecified atom stereocenters. The van der Waals surface area contributed by atoms with Crippen LogP contribution in [-0.4, -0.2) is 33.7 Å². The summed E-state index contributed by atoms with van der Waals surface area (Å²) in [5.41, 5.74) is 6.00. The highest BCUT2D eigenvalue weighted by atomic mass is 28.4. The smallest absolute Gasteiger partial charge is 0.261 e. The summed E-state index contributed by atoms with van der Waals surface area (Å²) >= 11 is 0. The lowest BCUT2D eigenvalue weighted by Crippen LogP contribution is -2.67. The number of nitrogens with two attached hydrogens (primary N) is 1. The molecule has 0 bridgehead atoms. The average Bonchev–Trinajstić information content (AvgIpc) is 3.02. The second kappa shape index (κ2) is 7.42. The lowest BCUT2D eigenvalue weighted by Gasteiger charge is -2.43. The van der Waals surface area contributed by atoms with Crippen molar-refractivity contribution < 1.29 is 9.16 Å². The van der Waals surface area contributed by atoms with E-state index in [2.05, 4.69) is 81.4 Å². The van der Waals surface area contributed by atoms with Crippen molar-refractivity contribution in [3.8, 4) is 0 Å². The molecule has 0 spiro atoms. The normalized spacial score (nSPS) is 21.4. The first-order valence-electron chi connectivity index (χ1n) is 9.05. The van der Waals surface area contributed by atoms with Gasteiger partial charge in [-0.15, -0.1) is 0 Å². The van der Waals surface area contributed by atoms with E-state index in [4.69, 9.17) is 14.9 Å². The molecule has 134 valence electrons. The molecule has 0 radical (unpaired) electrons. The van der Waals surface area contributed by atoms with Gasteiger partial charge in [0.05, 0.1) is 19.3 Å². The standard InChI is InChI=1S/C21H29NO2Si/c1-21(2,3)25(19-10-6-4-7-11-19,20-12-8-5-9-13-20)24-16-18-14-17(22)15-23-18/h4-13,17-18H,14-16,22H2,1-3H3/t17-,18-/m0/s1. The molecule has 2 N–H and O–H groups in total. The van der Waals surface area contributed by atoms with E-state index in [9.17, 15) is 0 Å². The van der Waals surface area contributed by atoms with Gasteiger partial charge in [-0.2, -0.15) is 0 Å². The third kappa shape index (κ3) is 3.72. The maximum Gasteiger partial charge on any atom is 0.261 e. The molecule has 3 nitrogen and oxygen atoms in total. The zero-order chi connectivity index (χ0) is 17.9.